The number of benzene rings is 1. The van der Waals surface area contributed by atoms with Crippen LogP contribution in [0.15, 0.2) is 36.7 Å². The number of nitrogens with two attached hydrogens (primary N) is 1. The monoisotopic (exact) mass is 288 g/mol. The topological polar surface area (TPSA) is 93.2 Å². The van der Waals surface area contributed by atoms with Crippen molar-refractivity contribution in [2.45, 2.75) is 32.4 Å². The second-order valence-corrected chi connectivity index (χ2v) is 5.27. The van der Waals surface area contributed by atoms with Gasteiger partial charge in [0.15, 0.2) is 0 Å². The molecule has 0 aliphatic carbocycles. The molecule has 2 aromatic rings. The number of phenolic OH excluding ortho intramolecular Hbond substituents is 1. The molecule has 0 aliphatic rings. The van der Waals surface area contributed by atoms with Crippen LogP contribution in [-0.2, 0) is 11.2 Å². The maximum Gasteiger partial charge on any atom is 0.241 e. The number of carbonyl (C=O) groups excluding carboxylic acids is 1. The lowest BCUT2D eigenvalue weighted by Gasteiger charge is -2.11. The smallest absolute Gasteiger partial charge is 0.241 e. The molecule has 0 aliphatic heterocycles. The van der Waals surface area contributed by atoms with Gasteiger partial charge in [0.25, 0.3) is 0 Å². The summed E-state index contributed by atoms with van der Waals surface area (Å²) in [6.07, 6.45) is 3.78. The van der Waals surface area contributed by atoms with Gasteiger partial charge in [-0.3, -0.25) is 9.48 Å². The molecule has 0 fully saturated rings. The third-order valence-corrected chi connectivity index (χ3v) is 3.13. The second kappa shape index (κ2) is 6.41. The highest BCUT2D eigenvalue weighted by Gasteiger charge is 2.15. The van der Waals surface area contributed by atoms with Crippen molar-refractivity contribution in [1.82, 2.24) is 9.78 Å². The molecule has 1 heterocycles. The Kier molecular flexibility index (Phi) is 4.59. The Morgan fingerprint density at radius 2 is 2.05 bits per heavy atom. The Morgan fingerprint density at radius 3 is 2.62 bits per heavy atom. The first-order valence-electron chi connectivity index (χ1n) is 6.84. The highest BCUT2D eigenvalue weighted by molar-refractivity contribution is 5.94. The Balaban J connectivity index is 1.94. The minimum absolute atomic E-state index is 0.192. The summed E-state index contributed by atoms with van der Waals surface area (Å²) < 4.78 is 1.76. The number of hydrogen-bond acceptors (Lipinski definition) is 4. The minimum Gasteiger partial charge on any atom is -0.508 e. The summed E-state index contributed by atoms with van der Waals surface area (Å²) in [7, 11) is 0. The predicted octanol–water partition coefficient (Wildman–Crippen LogP) is 1.68. The summed E-state index contributed by atoms with van der Waals surface area (Å²) in [4.78, 5) is 12.0. The lowest BCUT2D eigenvalue weighted by atomic mass is 10.1. The highest BCUT2D eigenvalue weighted by atomic mass is 16.3. The quantitative estimate of drug-likeness (QED) is 0.780. The van der Waals surface area contributed by atoms with Gasteiger partial charge >= 0.3 is 0 Å². The van der Waals surface area contributed by atoms with Gasteiger partial charge in [0.05, 0.1) is 17.9 Å². The van der Waals surface area contributed by atoms with E-state index in [0.717, 1.165) is 5.56 Å². The summed E-state index contributed by atoms with van der Waals surface area (Å²) >= 11 is 0. The summed E-state index contributed by atoms with van der Waals surface area (Å²) in [6, 6.07) is 6.23. The molecule has 112 valence electrons. The number of rotatable bonds is 5. The van der Waals surface area contributed by atoms with Crippen LogP contribution in [0.1, 0.15) is 25.5 Å². The lowest BCUT2D eigenvalue weighted by Crippen LogP contribution is -2.37. The van der Waals surface area contributed by atoms with Crippen molar-refractivity contribution in [1.29, 1.82) is 0 Å². The van der Waals surface area contributed by atoms with Crippen LogP contribution in [0.2, 0.25) is 0 Å². The molecule has 6 heteroatoms. The molecule has 1 amide bonds. The second-order valence-electron chi connectivity index (χ2n) is 5.27. The van der Waals surface area contributed by atoms with Crippen LogP contribution >= 0.6 is 0 Å². The molecule has 4 N–H and O–H groups in total. The zero-order valence-electron chi connectivity index (χ0n) is 12.2. The van der Waals surface area contributed by atoms with E-state index in [1.165, 1.54) is 0 Å². The number of nitrogens with one attached hydrogen (secondary N) is 1. The van der Waals surface area contributed by atoms with E-state index in [0.29, 0.717) is 12.1 Å². The van der Waals surface area contributed by atoms with Crippen LogP contribution in [-0.4, -0.2) is 26.8 Å². The first-order chi connectivity index (χ1) is 9.95. The van der Waals surface area contributed by atoms with E-state index in [9.17, 15) is 9.90 Å². The first-order valence-corrected chi connectivity index (χ1v) is 6.84. The maximum atomic E-state index is 12.0. The average molecular weight is 288 g/mol. The maximum absolute atomic E-state index is 12.0. The van der Waals surface area contributed by atoms with E-state index in [2.05, 4.69) is 10.4 Å². The number of carbonyl (C=O) groups is 1. The number of amides is 1. The fourth-order valence-corrected chi connectivity index (χ4v) is 1.90. The van der Waals surface area contributed by atoms with E-state index in [1.54, 1.807) is 41.3 Å². The van der Waals surface area contributed by atoms with Crippen molar-refractivity contribution in [3.8, 4) is 5.75 Å². The molecule has 6 nitrogen and oxygen atoms in total. The van der Waals surface area contributed by atoms with Crippen LogP contribution in [0.5, 0.6) is 5.75 Å². The summed E-state index contributed by atoms with van der Waals surface area (Å²) in [5, 5.41) is 16.1. The van der Waals surface area contributed by atoms with Gasteiger partial charge in [0.1, 0.15) is 5.75 Å². The fourth-order valence-electron chi connectivity index (χ4n) is 1.90. The molecule has 0 spiro atoms. The van der Waals surface area contributed by atoms with E-state index in [4.69, 9.17) is 5.73 Å². The molecule has 2 rings (SSSR count). The molecule has 1 atom stereocenters. The first kappa shape index (κ1) is 15.1. The minimum atomic E-state index is -0.656. The van der Waals surface area contributed by atoms with Crippen LogP contribution in [0.25, 0.3) is 0 Å². The molecule has 0 saturated heterocycles. The Hall–Kier alpha value is -2.34. The highest BCUT2D eigenvalue weighted by Crippen LogP contribution is 2.13. The van der Waals surface area contributed by atoms with Gasteiger partial charge in [-0.25, -0.2) is 0 Å². The molecular weight excluding hydrogens is 268 g/mol. The third kappa shape index (κ3) is 4.06. The van der Waals surface area contributed by atoms with Crippen molar-refractivity contribution < 1.29 is 9.90 Å². The van der Waals surface area contributed by atoms with Gasteiger partial charge < -0.3 is 16.2 Å². The van der Waals surface area contributed by atoms with Gasteiger partial charge in [-0.2, -0.15) is 5.10 Å². The van der Waals surface area contributed by atoms with Gasteiger partial charge in [-0.15, -0.1) is 0 Å². The van der Waals surface area contributed by atoms with Crippen molar-refractivity contribution in [2.75, 3.05) is 5.32 Å². The van der Waals surface area contributed by atoms with Crippen LogP contribution in [0.3, 0.4) is 0 Å². The predicted molar refractivity (Wildman–Crippen MR) is 81.0 cm³/mol. The van der Waals surface area contributed by atoms with Crippen molar-refractivity contribution >= 4 is 11.6 Å². The van der Waals surface area contributed by atoms with E-state index in [1.807, 2.05) is 13.8 Å². The molecule has 1 aromatic heterocycles. The summed E-state index contributed by atoms with van der Waals surface area (Å²) in [6.45, 7) is 4.02. The van der Waals surface area contributed by atoms with Crippen LogP contribution < -0.4 is 11.1 Å². The Morgan fingerprint density at radius 1 is 1.38 bits per heavy atom. The summed E-state index contributed by atoms with van der Waals surface area (Å²) in [5.41, 5.74) is 7.43. The molecule has 21 heavy (non-hydrogen) atoms. The van der Waals surface area contributed by atoms with Crippen molar-refractivity contribution in [2.24, 2.45) is 5.73 Å². The normalized spacial score (nSPS) is 12.4. The molecule has 1 unspecified atom stereocenters. The fraction of sp³-hybridized carbons (Fsp3) is 0.333. The van der Waals surface area contributed by atoms with Gasteiger partial charge in [0, 0.05) is 12.2 Å². The van der Waals surface area contributed by atoms with Crippen LogP contribution in [0.4, 0.5) is 5.69 Å². The van der Waals surface area contributed by atoms with Crippen molar-refractivity contribution in [3.63, 3.8) is 0 Å². The number of aromatic hydroxyl groups is 1. The average Bonchev–Trinajstić information content (AvgIpc) is 2.90. The Bertz CT molecular complexity index is 604. The number of nitrogens with zero attached hydrogens (tertiary/aromatic N) is 2. The van der Waals surface area contributed by atoms with Crippen LogP contribution in [0, 0.1) is 0 Å². The Labute approximate surface area is 123 Å². The van der Waals surface area contributed by atoms with Gasteiger partial charge in [0.2, 0.25) is 5.91 Å². The number of anilines is 1. The van der Waals surface area contributed by atoms with Crippen molar-refractivity contribution in [3.05, 3.63) is 42.2 Å². The number of hydrogen-bond donors (Lipinski definition) is 3. The largest absolute Gasteiger partial charge is 0.508 e. The number of aromatic nitrogens is 2. The SMILES string of the molecule is CC(C)n1cc(NC(=O)C(N)Cc2ccc(O)cc2)cn1. The van der Waals surface area contributed by atoms with Gasteiger partial charge in [-0.05, 0) is 38.0 Å². The zero-order valence-corrected chi connectivity index (χ0v) is 12.2. The van der Waals surface area contributed by atoms with Gasteiger partial charge in [-0.1, -0.05) is 12.1 Å². The molecular formula is C15H20N4O2. The van der Waals surface area contributed by atoms with E-state index >= 15 is 0 Å². The standard InChI is InChI=1S/C15H20N4O2/c1-10(2)19-9-12(8-17-19)18-15(21)14(16)7-11-3-5-13(20)6-4-11/h3-6,8-10,14,20H,7,16H2,1-2H3,(H,18,21). The number of phenols is 1. The van der Waals surface area contributed by atoms with E-state index in [-0.39, 0.29) is 17.7 Å². The zero-order chi connectivity index (χ0) is 15.4. The molecule has 0 radical (unpaired) electrons. The molecule has 1 aromatic carbocycles. The summed E-state index contributed by atoms with van der Waals surface area (Å²) in [5.74, 6) is -0.0655. The molecule has 0 saturated carbocycles. The van der Waals surface area contributed by atoms with E-state index < -0.39 is 6.04 Å². The third-order valence-electron chi connectivity index (χ3n) is 3.13. The lowest BCUT2D eigenvalue weighted by molar-refractivity contribution is -0.117. The molecule has 0 bridgehead atoms.